The molecule has 6 nitrogen and oxygen atoms in total. The molecule has 1 aromatic heterocycles. The Morgan fingerprint density at radius 1 is 1.50 bits per heavy atom. The van der Waals surface area contributed by atoms with E-state index in [1.54, 1.807) is 0 Å². The van der Waals surface area contributed by atoms with Crippen molar-refractivity contribution in [2.75, 3.05) is 24.2 Å². The number of amides is 1. The molecule has 0 spiro atoms. The Bertz CT molecular complexity index is 799. The Morgan fingerprint density at radius 2 is 2.35 bits per heavy atom. The van der Waals surface area contributed by atoms with Gasteiger partial charge in [0.25, 0.3) is 0 Å². The quantitative estimate of drug-likeness (QED) is 0.644. The van der Waals surface area contributed by atoms with Gasteiger partial charge in [0.15, 0.2) is 10.0 Å². The summed E-state index contributed by atoms with van der Waals surface area (Å²) in [6.07, 6.45) is 1.39. The second-order valence-electron chi connectivity index (χ2n) is 5.82. The zero-order valence-corrected chi connectivity index (χ0v) is 16.2. The fourth-order valence-electron chi connectivity index (χ4n) is 2.80. The van der Waals surface area contributed by atoms with Crippen LogP contribution >= 0.6 is 34.7 Å². The predicted molar refractivity (Wildman–Crippen MR) is 104 cm³/mol. The first-order valence-electron chi connectivity index (χ1n) is 8.13. The first-order chi connectivity index (χ1) is 12.5. The lowest BCUT2D eigenvalue weighted by atomic mass is 10.2. The fourth-order valence-corrected chi connectivity index (χ4v) is 4.80. The van der Waals surface area contributed by atoms with Crippen LogP contribution in [0.25, 0.3) is 0 Å². The van der Waals surface area contributed by atoms with Gasteiger partial charge in [-0.25, -0.2) is 9.78 Å². The highest BCUT2D eigenvalue weighted by molar-refractivity contribution is 8.01. The Labute approximate surface area is 164 Å². The van der Waals surface area contributed by atoms with Crippen molar-refractivity contribution in [1.29, 1.82) is 0 Å². The molecule has 1 aliphatic rings. The number of nitrogens with one attached hydrogen (secondary N) is 1. The molecule has 1 aromatic carbocycles. The summed E-state index contributed by atoms with van der Waals surface area (Å²) in [5.41, 5.74) is 1.01. The molecule has 1 saturated heterocycles. The van der Waals surface area contributed by atoms with Crippen molar-refractivity contribution in [1.82, 2.24) is 9.88 Å². The minimum absolute atomic E-state index is 0.0679. The molecule has 2 N–H and O–H groups in total. The number of nitrogens with zero attached hydrogens (tertiary/aromatic N) is 2. The van der Waals surface area contributed by atoms with Gasteiger partial charge in [-0.05, 0) is 24.6 Å². The third-order valence-electron chi connectivity index (χ3n) is 4.08. The van der Waals surface area contributed by atoms with E-state index in [0.717, 1.165) is 12.1 Å². The Morgan fingerprint density at radius 3 is 3.08 bits per heavy atom. The van der Waals surface area contributed by atoms with E-state index in [9.17, 15) is 9.59 Å². The smallest absolute Gasteiger partial charge is 0.355 e. The number of thiazole rings is 1. The molecule has 2 heterocycles. The predicted octanol–water partition coefficient (Wildman–Crippen LogP) is 3.69. The molecule has 1 fully saturated rings. The fraction of sp³-hybridized carbons (Fsp3) is 0.353. The van der Waals surface area contributed by atoms with Gasteiger partial charge in [-0.15, -0.1) is 11.3 Å². The highest BCUT2D eigenvalue weighted by Gasteiger charge is 2.30. The third kappa shape index (κ3) is 4.90. The van der Waals surface area contributed by atoms with Crippen LogP contribution in [0.5, 0.6) is 0 Å². The summed E-state index contributed by atoms with van der Waals surface area (Å²) < 4.78 is 0.711. The van der Waals surface area contributed by atoms with Crippen LogP contribution in [-0.4, -0.2) is 51.8 Å². The van der Waals surface area contributed by atoms with Crippen molar-refractivity contribution in [2.24, 2.45) is 0 Å². The summed E-state index contributed by atoms with van der Waals surface area (Å²) in [6, 6.07) is 7.67. The molecule has 0 saturated carbocycles. The summed E-state index contributed by atoms with van der Waals surface area (Å²) in [5, 5.41) is 14.5. The van der Waals surface area contributed by atoms with Crippen LogP contribution in [0.1, 0.15) is 23.3 Å². The molecule has 0 radical (unpaired) electrons. The summed E-state index contributed by atoms with van der Waals surface area (Å²) in [4.78, 5) is 29.0. The summed E-state index contributed by atoms with van der Waals surface area (Å²) >= 11 is 8.78. The van der Waals surface area contributed by atoms with Crippen molar-refractivity contribution in [3.63, 3.8) is 0 Å². The maximum absolute atomic E-state index is 12.2. The number of hydrogen-bond acceptors (Lipinski definition) is 6. The summed E-state index contributed by atoms with van der Waals surface area (Å²) in [6.45, 7) is 1.30. The van der Waals surface area contributed by atoms with E-state index in [0.29, 0.717) is 34.6 Å². The van der Waals surface area contributed by atoms with Gasteiger partial charge in [0, 0.05) is 47.4 Å². The number of carbonyl (C=O) groups is 2. The van der Waals surface area contributed by atoms with Gasteiger partial charge >= 0.3 is 5.97 Å². The van der Waals surface area contributed by atoms with Gasteiger partial charge in [0.2, 0.25) is 5.91 Å². The number of aromatic nitrogens is 1. The molecule has 26 heavy (non-hydrogen) atoms. The number of carboxylic acid groups (broad SMARTS) is 1. The van der Waals surface area contributed by atoms with Crippen molar-refractivity contribution in [3.05, 3.63) is 40.4 Å². The van der Waals surface area contributed by atoms with E-state index in [1.165, 1.54) is 28.5 Å². The Balaban J connectivity index is 1.50. The first kappa shape index (κ1) is 19.0. The zero-order chi connectivity index (χ0) is 18.5. The number of benzene rings is 1. The monoisotopic (exact) mass is 411 g/mol. The topological polar surface area (TPSA) is 82.5 Å². The van der Waals surface area contributed by atoms with Crippen LogP contribution in [0.3, 0.4) is 0 Å². The Hall–Kier alpha value is -1.77. The highest BCUT2D eigenvalue weighted by atomic mass is 35.5. The maximum atomic E-state index is 12.2. The molecular weight excluding hydrogens is 394 g/mol. The van der Waals surface area contributed by atoms with E-state index in [2.05, 4.69) is 10.3 Å². The number of likely N-dealkylation sites (tertiary alicyclic amines) is 1. The standard InChI is InChI=1S/C17H18ClN3O3S2/c18-11-2-1-3-12(8-11)19-9-13-4-5-15(22)21(13)6-7-25-17-20-14(10-26-17)16(23)24/h1-3,8,10,13,19H,4-7,9H2,(H,23,24)/t13-/m1/s1. The number of halogens is 1. The van der Waals surface area contributed by atoms with E-state index >= 15 is 0 Å². The van der Waals surface area contributed by atoms with Crippen LogP contribution in [0.15, 0.2) is 34.0 Å². The lowest BCUT2D eigenvalue weighted by Gasteiger charge is -2.25. The number of rotatable bonds is 8. The molecule has 1 atom stereocenters. The van der Waals surface area contributed by atoms with E-state index in [1.807, 2.05) is 29.2 Å². The minimum atomic E-state index is -1.02. The number of aromatic carboxylic acids is 1. The van der Waals surface area contributed by atoms with Crippen molar-refractivity contribution >= 4 is 52.3 Å². The van der Waals surface area contributed by atoms with Gasteiger partial charge < -0.3 is 15.3 Å². The highest BCUT2D eigenvalue weighted by Crippen LogP contribution is 2.25. The molecule has 3 rings (SSSR count). The first-order valence-corrected chi connectivity index (χ1v) is 10.4. The molecule has 2 aromatic rings. The van der Waals surface area contributed by atoms with Crippen LogP contribution in [0.4, 0.5) is 5.69 Å². The van der Waals surface area contributed by atoms with Crippen molar-refractivity contribution in [3.8, 4) is 0 Å². The van der Waals surface area contributed by atoms with E-state index < -0.39 is 5.97 Å². The van der Waals surface area contributed by atoms with Crippen LogP contribution in [0, 0.1) is 0 Å². The van der Waals surface area contributed by atoms with Crippen molar-refractivity contribution in [2.45, 2.75) is 23.2 Å². The van der Waals surface area contributed by atoms with Gasteiger partial charge in [-0.3, -0.25) is 4.79 Å². The molecule has 0 aliphatic carbocycles. The maximum Gasteiger partial charge on any atom is 0.355 e. The molecule has 9 heteroatoms. The summed E-state index contributed by atoms with van der Waals surface area (Å²) in [7, 11) is 0. The third-order valence-corrected chi connectivity index (χ3v) is 6.32. The molecule has 1 aliphatic heterocycles. The number of anilines is 1. The zero-order valence-electron chi connectivity index (χ0n) is 13.9. The van der Waals surface area contributed by atoms with Gasteiger partial charge in [-0.2, -0.15) is 0 Å². The van der Waals surface area contributed by atoms with Crippen LogP contribution in [-0.2, 0) is 4.79 Å². The molecular formula is C17H18ClN3O3S2. The Kier molecular flexibility index (Phi) is 6.39. The van der Waals surface area contributed by atoms with Gasteiger partial charge in [0.05, 0.1) is 0 Å². The lowest BCUT2D eigenvalue weighted by molar-refractivity contribution is -0.128. The summed E-state index contributed by atoms with van der Waals surface area (Å²) in [5.74, 6) is -0.171. The van der Waals surface area contributed by atoms with E-state index in [4.69, 9.17) is 16.7 Å². The number of carbonyl (C=O) groups excluding carboxylic acids is 1. The van der Waals surface area contributed by atoms with Crippen molar-refractivity contribution < 1.29 is 14.7 Å². The number of carboxylic acids is 1. The average Bonchev–Trinajstić information content (AvgIpc) is 3.21. The minimum Gasteiger partial charge on any atom is -0.476 e. The SMILES string of the molecule is O=C(O)c1csc(SCCN2C(=O)CC[C@@H]2CNc2cccc(Cl)c2)n1. The van der Waals surface area contributed by atoms with Gasteiger partial charge in [0.1, 0.15) is 0 Å². The number of hydrogen-bond donors (Lipinski definition) is 2. The van der Waals surface area contributed by atoms with E-state index in [-0.39, 0.29) is 17.6 Å². The lowest BCUT2D eigenvalue weighted by Crippen LogP contribution is -2.39. The normalized spacial score (nSPS) is 16.9. The average molecular weight is 412 g/mol. The van der Waals surface area contributed by atoms with Crippen LogP contribution in [0.2, 0.25) is 5.02 Å². The van der Waals surface area contributed by atoms with Gasteiger partial charge in [-0.1, -0.05) is 29.4 Å². The number of thioether (sulfide) groups is 1. The molecule has 0 bridgehead atoms. The molecule has 138 valence electrons. The van der Waals surface area contributed by atoms with Crippen LogP contribution < -0.4 is 5.32 Å². The largest absolute Gasteiger partial charge is 0.476 e. The molecule has 1 amide bonds. The second-order valence-corrected chi connectivity index (χ2v) is 8.46. The molecule has 0 unspecified atom stereocenters. The second kappa shape index (κ2) is 8.75.